The Hall–Kier alpha value is 3.60. The monoisotopic (exact) mass is 1970 g/mol. The summed E-state index contributed by atoms with van der Waals surface area (Å²) in [5.74, 6) is 4.41. The quantitative estimate of drug-likeness (QED) is 0.358. The average Bonchev–Trinajstić information content (AvgIpc) is 1.69. The van der Waals surface area contributed by atoms with Gasteiger partial charge >= 0.3 is 6.09 Å². The Bertz CT molecular complexity index is 4480. The molecular formula is C43H57Cl3N12O4S33. The predicted molar refractivity (Wildman–Crippen MR) is 481 cm³/mol. The molecule has 532 valence electrons. The maximum absolute atomic E-state index is 12.0. The molecule has 95 heavy (non-hydrogen) atoms. The van der Waals surface area contributed by atoms with Crippen molar-refractivity contribution < 1.29 is 19.0 Å². The maximum Gasteiger partial charge on any atom is 0.410 e. The third kappa shape index (κ3) is 33.3. The van der Waals surface area contributed by atoms with E-state index in [1.807, 2.05) is 177 Å². The van der Waals surface area contributed by atoms with E-state index in [-0.39, 0.29) is 11.7 Å². The number of ether oxygens (including phenoxy) is 3. The molecule has 0 spiro atoms. The van der Waals surface area contributed by atoms with Crippen LogP contribution in [-0.4, -0.2) is 170 Å². The second kappa shape index (κ2) is 51.0. The van der Waals surface area contributed by atoms with E-state index in [9.17, 15) is 4.79 Å². The zero-order valence-electron chi connectivity index (χ0n) is 49.1. The molecule has 3 aromatic heterocycles. The molecule has 0 aliphatic carbocycles. The molecular weight excluding hydrogens is 1910 g/mol. The second-order valence-electron chi connectivity index (χ2n) is 20.2. The first-order valence-corrected chi connectivity index (χ1v) is 70.9. The first-order valence-electron chi connectivity index (χ1n) is 27.1. The minimum Gasteiger partial charge on any atom is -0.444 e. The highest BCUT2D eigenvalue weighted by Gasteiger charge is 2.47. The lowest BCUT2D eigenvalue weighted by molar-refractivity contribution is -0.0850. The Morgan fingerprint density at radius 1 is 0.463 bits per heavy atom. The highest BCUT2D eigenvalue weighted by molar-refractivity contribution is 8.80. The molecule has 6 bridgehead atoms. The topological polar surface area (TPSA) is 150 Å². The van der Waals surface area contributed by atoms with Crippen LogP contribution in [0.2, 0.25) is 15.5 Å². The van der Waals surface area contributed by atoms with Crippen LogP contribution in [-0.2, 0) is 312 Å². The highest BCUT2D eigenvalue weighted by Crippen LogP contribution is 2.37. The van der Waals surface area contributed by atoms with Crippen LogP contribution < -0.4 is 15.1 Å². The van der Waals surface area contributed by atoms with E-state index in [4.69, 9.17) is 77.8 Å². The fourth-order valence-corrected chi connectivity index (χ4v) is 90.2. The van der Waals surface area contributed by atoms with Crippen LogP contribution >= 0.6 is 34.8 Å². The van der Waals surface area contributed by atoms with E-state index in [1.54, 1.807) is 131 Å². The van der Waals surface area contributed by atoms with Gasteiger partial charge in [-0.1, -0.05) is 34.8 Å². The zero-order valence-corrected chi connectivity index (χ0v) is 78.3. The number of piperazine rings is 3. The summed E-state index contributed by atoms with van der Waals surface area (Å²) in [6.45, 7) is 15.4. The van der Waals surface area contributed by atoms with Crippen molar-refractivity contribution in [3.8, 4) is 12.3 Å². The number of anilines is 2. The molecule has 3 aromatic rings. The smallest absolute Gasteiger partial charge is 0.410 e. The summed E-state index contributed by atoms with van der Waals surface area (Å²) in [6.07, 6.45) is 22.2. The van der Waals surface area contributed by atoms with E-state index >= 15 is 0 Å². The lowest BCUT2D eigenvalue weighted by Gasteiger charge is -2.47. The van der Waals surface area contributed by atoms with Gasteiger partial charge in [-0.25, -0.2) is 34.7 Å². The molecule has 8 saturated heterocycles. The minimum absolute atomic E-state index is 0.142. The second-order valence-corrected chi connectivity index (χ2v) is 76.2. The molecule has 52 heteroatoms. The van der Waals surface area contributed by atoms with Crippen molar-refractivity contribution in [2.75, 3.05) is 75.5 Å². The number of hydrogen-bond donors (Lipinski definition) is 1. The lowest BCUT2D eigenvalue weighted by Crippen LogP contribution is -2.62. The Balaban J connectivity index is 0.000000177. The molecule has 0 saturated carbocycles. The lowest BCUT2D eigenvalue weighted by atomic mass is 10.1. The molecule has 6 atom stereocenters. The minimum atomic E-state index is -0.388. The average molecular weight is 1970 g/mol. The summed E-state index contributed by atoms with van der Waals surface area (Å²) in [7, 11) is 54.6. The first kappa shape index (κ1) is 85.8. The normalized spacial score (nSPS) is 20.9. The van der Waals surface area contributed by atoms with Crippen LogP contribution in [0.4, 0.5) is 16.4 Å². The summed E-state index contributed by atoms with van der Waals surface area (Å²) in [4.78, 5) is 48.5. The van der Waals surface area contributed by atoms with E-state index in [1.165, 1.54) is 55.8 Å². The molecule has 8 aliphatic heterocycles. The van der Waals surface area contributed by atoms with Gasteiger partial charge in [0, 0.05) is 373 Å². The van der Waals surface area contributed by atoms with Gasteiger partial charge in [0.25, 0.3) is 0 Å². The van der Waals surface area contributed by atoms with E-state index in [0.717, 1.165) is 90.2 Å². The third-order valence-corrected chi connectivity index (χ3v) is 80.9. The summed E-state index contributed by atoms with van der Waals surface area (Å²) in [5.41, 5.74) is 0.212. The van der Waals surface area contributed by atoms with Crippen molar-refractivity contribution in [2.24, 2.45) is 0 Å². The largest absolute Gasteiger partial charge is 0.444 e. The van der Waals surface area contributed by atoms with Crippen LogP contribution in [0.25, 0.3) is 0 Å². The fourth-order valence-electron chi connectivity index (χ4n) is 10.3. The maximum atomic E-state index is 12.0. The standard InChI is InChI=1S/C15H18N4O.C13H17ClN4O.C11H20N2O2.C4H2Cl2N2.S33/c1-2-11-5-17-15(6-16-11)18-7-12-3-4-13(8-18)19(12)14-9-20-10-14;14-12-3-16-13(4-15-12)17-5-9-1-2-10(6-17)18(9)11-7-19-8-11;1-11(2,3)15-10(14)13-8-4-5-9(13)7-12-6-8;5-3-1-7-4(6)2-8-3;1-3-5-7-9-11-13-15-17-19-21-23-25-27-29-31-33-32-30-28-26-24-22-20-18-16-14-12-10-8-6-4-2/h1,5-6,12-14H,3-4,7-10H2;3-4,9-11H,1-2,5-8H2;8-9,12H,4-7H2,1-3H3;1-2H;. The summed E-state index contributed by atoms with van der Waals surface area (Å²) in [5, 5.41) is 4.51. The number of halogens is 3. The number of carbonyl (C=O) groups excluding carboxylic acids is 1. The van der Waals surface area contributed by atoms with Crippen LogP contribution in [0.3, 0.4) is 0 Å². The van der Waals surface area contributed by atoms with Crippen molar-refractivity contribution in [2.45, 2.75) is 113 Å². The SMILES string of the molecule is C#Cc1cnc(N2CC3CCC(C2)N3C2COC2)cn1.CC(C)(C)OC(=O)N1C2CCC1CNC2.Clc1cnc(Cl)cn1.Clc1cnc(N2CC3CCC(C2)N3C2COC2)cn1.S=S=S=S=S=S=S=S=S=S=S=S=S=S=S=S=S=S=S=S=S=S=S=S=S=S=S=S=S=S=S=S=S. The van der Waals surface area contributed by atoms with Crippen LogP contribution in [0.15, 0.2) is 37.2 Å². The Labute approximate surface area is 667 Å². The number of rotatable bonds is 4. The number of hydrogen-bond acceptors (Lipinski definition) is 17. The summed E-state index contributed by atoms with van der Waals surface area (Å²) in [6, 6.07) is 4.54. The molecule has 16 nitrogen and oxygen atoms in total. The first-order chi connectivity index (χ1) is 46.3. The molecule has 8 aliphatic rings. The molecule has 6 unspecified atom stereocenters. The van der Waals surface area contributed by atoms with Gasteiger partial charge in [-0.15, -0.1) is 6.42 Å². The van der Waals surface area contributed by atoms with Crippen molar-refractivity contribution >= 4 is 350 Å². The zero-order chi connectivity index (χ0) is 67.3. The number of carbonyl (C=O) groups is 1. The number of fused-ring (bicyclic) bond motifs is 6. The van der Waals surface area contributed by atoms with Gasteiger partial charge in [0.15, 0.2) is 0 Å². The third-order valence-electron chi connectivity index (χ3n) is 13.6. The molecule has 0 radical (unpaired) electrons. The molecule has 1 N–H and O–H groups in total. The fraction of sp³-hybridized carbons (Fsp3) is 0.651. The Morgan fingerprint density at radius 3 is 1.01 bits per heavy atom. The summed E-state index contributed by atoms with van der Waals surface area (Å²) < 4.78 is 16.1. The molecule has 0 aromatic carbocycles. The van der Waals surface area contributed by atoms with E-state index < -0.39 is 0 Å². The molecule has 11 heterocycles. The Kier molecular flexibility index (Phi) is 46.1. The number of nitrogens with one attached hydrogen (secondary N) is 1. The van der Waals surface area contributed by atoms with Crippen molar-refractivity contribution in [3.63, 3.8) is 0 Å². The molecule has 8 fully saturated rings. The van der Waals surface area contributed by atoms with Gasteiger partial charge in [0.2, 0.25) is 0 Å². The van der Waals surface area contributed by atoms with Crippen LogP contribution in [0, 0.1) is 12.3 Å². The van der Waals surface area contributed by atoms with Crippen LogP contribution in [0.1, 0.15) is 65.0 Å². The van der Waals surface area contributed by atoms with Crippen molar-refractivity contribution in [1.29, 1.82) is 0 Å². The van der Waals surface area contributed by atoms with Gasteiger partial charge < -0.3 is 29.3 Å². The van der Waals surface area contributed by atoms with Gasteiger partial charge in [0.05, 0.1) is 75.7 Å². The van der Waals surface area contributed by atoms with Gasteiger partial charge in [-0.2, -0.15) is 0 Å². The van der Waals surface area contributed by atoms with Crippen LogP contribution in [0.5, 0.6) is 0 Å². The van der Waals surface area contributed by atoms with Crippen molar-refractivity contribution in [1.82, 2.24) is 49.9 Å². The number of terminal acetylenes is 1. The van der Waals surface area contributed by atoms with Gasteiger partial charge in [-0.3, -0.25) is 14.7 Å². The molecule has 11 rings (SSSR count). The van der Waals surface area contributed by atoms with E-state index in [0.29, 0.717) is 69.5 Å². The van der Waals surface area contributed by atoms with Gasteiger partial charge in [-0.05, 0) is 65.2 Å². The summed E-state index contributed by atoms with van der Waals surface area (Å²) >= 11 is 26.1. The van der Waals surface area contributed by atoms with E-state index in [2.05, 4.69) is 60.7 Å². The Morgan fingerprint density at radius 2 is 0.758 bits per heavy atom. The van der Waals surface area contributed by atoms with Crippen molar-refractivity contribution in [3.05, 3.63) is 58.3 Å². The van der Waals surface area contributed by atoms with Gasteiger partial charge in [0.1, 0.15) is 38.4 Å². The number of nitrogens with zero attached hydrogens (tertiary/aromatic N) is 11. The number of aromatic nitrogens is 6. The highest BCUT2D eigenvalue weighted by atomic mass is 35.5. The predicted octanol–water partition coefficient (Wildman–Crippen LogP) is 4.75. The molecule has 1 amide bonds. The number of amides is 1.